The molecular formula is C29H24BrFN4O2. The van der Waals surface area contributed by atoms with Gasteiger partial charge in [-0.15, -0.1) is 0 Å². The molecule has 0 aliphatic heterocycles. The highest BCUT2D eigenvalue weighted by atomic mass is 79.9. The minimum absolute atomic E-state index is 0.191. The zero-order valence-electron chi connectivity index (χ0n) is 20.5. The smallest absolute Gasteiger partial charge is 0.231 e. The van der Waals surface area contributed by atoms with Gasteiger partial charge in [-0.1, -0.05) is 30.3 Å². The summed E-state index contributed by atoms with van der Waals surface area (Å²) in [7, 11) is 1.44. The van der Waals surface area contributed by atoms with Gasteiger partial charge in [0, 0.05) is 29.8 Å². The Labute approximate surface area is 223 Å². The largest absolute Gasteiger partial charge is 0.493 e. The fraction of sp³-hybridized carbons (Fsp3) is 0.103. The summed E-state index contributed by atoms with van der Waals surface area (Å²) in [5, 5.41) is 0. The van der Waals surface area contributed by atoms with Crippen molar-refractivity contribution in [2.24, 2.45) is 0 Å². The van der Waals surface area contributed by atoms with Crippen LogP contribution in [0.25, 0.3) is 16.8 Å². The molecule has 186 valence electrons. The van der Waals surface area contributed by atoms with Crippen molar-refractivity contribution in [2.75, 3.05) is 7.11 Å². The summed E-state index contributed by atoms with van der Waals surface area (Å²) in [6, 6.07) is 19.8. The van der Waals surface area contributed by atoms with Crippen molar-refractivity contribution in [3.05, 3.63) is 125 Å². The van der Waals surface area contributed by atoms with Crippen LogP contribution in [0.4, 0.5) is 4.39 Å². The van der Waals surface area contributed by atoms with Crippen LogP contribution in [0.2, 0.25) is 0 Å². The summed E-state index contributed by atoms with van der Waals surface area (Å²) in [5.41, 5.74) is 5.02. The van der Waals surface area contributed by atoms with E-state index in [0.717, 1.165) is 21.4 Å². The third kappa shape index (κ3) is 6.16. The minimum atomic E-state index is -0.420. The first-order valence-electron chi connectivity index (χ1n) is 11.4. The molecular weight excluding hydrogens is 535 g/mol. The molecule has 0 bridgehead atoms. The maximum atomic E-state index is 14.1. The molecule has 0 saturated carbocycles. The molecule has 2 aromatic carbocycles. The van der Waals surface area contributed by atoms with Crippen molar-refractivity contribution in [3.63, 3.8) is 0 Å². The number of rotatable bonds is 5. The second-order valence-electron chi connectivity index (χ2n) is 8.20. The van der Waals surface area contributed by atoms with E-state index >= 15 is 0 Å². The normalized spacial score (nSPS) is 10.4. The Morgan fingerprint density at radius 1 is 0.919 bits per heavy atom. The second kappa shape index (κ2) is 11.7. The quantitative estimate of drug-likeness (QED) is 0.176. The fourth-order valence-electron chi connectivity index (χ4n) is 3.62. The Morgan fingerprint density at radius 2 is 1.73 bits per heavy atom. The molecule has 0 unspecified atom stereocenters. The van der Waals surface area contributed by atoms with E-state index in [1.165, 1.54) is 18.7 Å². The molecule has 0 fully saturated rings. The molecule has 5 rings (SSSR count). The number of aryl methyl sites for hydroxylation is 2. The number of carbonyl (C=O) groups excluding carboxylic acids is 1. The number of methoxy groups -OCH3 is 1. The third-order valence-electron chi connectivity index (χ3n) is 5.54. The number of imidazole rings is 1. The predicted molar refractivity (Wildman–Crippen MR) is 145 cm³/mol. The molecule has 0 aliphatic rings. The number of benzene rings is 2. The zero-order chi connectivity index (χ0) is 26.4. The van der Waals surface area contributed by atoms with Gasteiger partial charge in [0.05, 0.1) is 7.11 Å². The van der Waals surface area contributed by atoms with Gasteiger partial charge in [0.25, 0.3) is 0 Å². The molecule has 0 atom stereocenters. The van der Waals surface area contributed by atoms with Crippen LogP contribution >= 0.6 is 15.9 Å². The fourth-order valence-corrected chi connectivity index (χ4v) is 3.87. The van der Waals surface area contributed by atoms with Crippen molar-refractivity contribution < 1.29 is 13.9 Å². The number of ketones is 1. The van der Waals surface area contributed by atoms with Gasteiger partial charge < -0.3 is 9.30 Å². The molecule has 6 nitrogen and oxygen atoms in total. The Morgan fingerprint density at radius 3 is 2.43 bits per heavy atom. The van der Waals surface area contributed by atoms with Gasteiger partial charge in [0.2, 0.25) is 5.78 Å². The number of nitrogens with zero attached hydrogens (tertiary/aromatic N) is 4. The van der Waals surface area contributed by atoms with Gasteiger partial charge in [-0.2, -0.15) is 0 Å². The summed E-state index contributed by atoms with van der Waals surface area (Å²) in [6.07, 6.45) is 6.60. The number of para-hydroxylation sites is 1. The third-order valence-corrected chi connectivity index (χ3v) is 6.37. The number of pyridine rings is 2. The minimum Gasteiger partial charge on any atom is -0.493 e. The first kappa shape index (κ1) is 25.9. The molecule has 5 aromatic rings. The summed E-state index contributed by atoms with van der Waals surface area (Å²) in [5.74, 6) is -0.469. The lowest BCUT2D eigenvalue weighted by molar-refractivity contribution is 0.103. The summed E-state index contributed by atoms with van der Waals surface area (Å²) in [6.45, 7) is 3.92. The van der Waals surface area contributed by atoms with E-state index in [-0.39, 0.29) is 11.5 Å². The summed E-state index contributed by atoms with van der Waals surface area (Å²) >= 11 is 3.28. The zero-order valence-corrected chi connectivity index (χ0v) is 22.1. The lowest BCUT2D eigenvalue weighted by Crippen LogP contribution is -2.04. The highest BCUT2D eigenvalue weighted by molar-refractivity contribution is 9.10. The van der Waals surface area contributed by atoms with E-state index in [9.17, 15) is 9.18 Å². The number of carbonyl (C=O) groups is 1. The van der Waals surface area contributed by atoms with Gasteiger partial charge >= 0.3 is 0 Å². The van der Waals surface area contributed by atoms with Crippen LogP contribution in [0.1, 0.15) is 27.3 Å². The van der Waals surface area contributed by atoms with E-state index in [2.05, 4.69) is 30.9 Å². The van der Waals surface area contributed by atoms with E-state index in [4.69, 9.17) is 4.74 Å². The average molecular weight is 559 g/mol. The van der Waals surface area contributed by atoms with Crippen LogP contribution < -0.4 is 4.74 Å². The molecule has 37 heavy (non-hydrogen) atoms. The number of ether oxygens (including phenoxy) is 1. The van der Waals surface area contributed by atoms with Crippen molar-refractivity contribution >= 4 is 21.7 Å². The Kier molecular flexibility index (Phi) is 8.20. The van der Waals surface area contributed by atoms with Crippen molar-refractivity contribution in [1.29, 1.82) is 0 Å². The van der Waals surface area contributed by atoms with Gasteiger partial charge in [0.15, 0.2) is 11.6 Å². The molecule has 8 heteroatoms. The first-order chi connectivity index (χ1) is 17.9. The Bertz CT molecular complexity index is 1530. The average Bonchev–Trinajstić information content (AvgIpc) is 3.41. The highest BCUT2D eigenvalue weighted by Crippen LogP contribution is 2.33. The monoisotopic (exact) mass is 558 g/mol. The SMILES string of the molecule is COc1c(F)cccc1-c1cccc(-n2cnc(C(=O)c3cc(C)ccn3)c2)c1.Cc1cccnc1Br. The number of halogens is 2. The lowest BCUT2D eigenvalue weighted by atomic mass is 10.0. The van der Waals surface area contributed by atoms with Crippen molar-refractivity contribution in [1.82, 2.24) is 19.5 Å². The molecule has 0 spiro atoms. The Hall–Kier alpha value is -4.17. The van der Waals surface area contributed by atoms with Crippen molar-refractivity contribution in [3.8, 4) is 22.6 Å². The summed E-state index contributed by atoms with van der Waals surface area (Å²) < 4.78 is 22.0. The van der Waals surface area contributed by atoms with Gasteiger partial charge in [-0.05, 0) is 82.9 Å². The van der Waals surface area contributed by atoms with Gasteiger partial charge in [-0.3, -0.25) is 9.78 Å². The topological polar surface area (TPSA) is 69.9 Å². The molecule has 0 amide bonds. The first-order valence-corrected chi connectivity index (χ1v) is 12.2. The van der Waals surface area contributed by atoms with Gasteiger partial charge in [0.1, 0.15) is 22.3 Å². The maximum absolute atomic E-state index is 14.1. The van der Waals surface area contributed by atoms with Crippen LogP contribution in [0.5, 0.6) is 5.75 Å². The maximum Gasteiger partial charge on any atom is 0.231 e. The van der Waals surface area contributed by atoms with Gasteiger partial charge in [-0.25, -0.2) is 14.4 Å². The second-order valence-corrected chi connectivity index (χ2v) is 8.95. The van der Waals surface area contributed by atoms with E-state index < -0.39 is 5.82 Å². The standard InChI is InChI=1S/C23H18FN3O2.C6H6BrN/c1-15-9-10-25-20(11-15)22(28)21-13-27(14-26-21)17-6-3-5-16(12-17)18-7-4-8-19(24)23(18)29-2;1-5-3-2-4-8-6(5)7/h3-14H,1-2H3;2-4H,1H3. The Balaban J connectivity index is 0.000000342. The molecule has 3 aromatic heterocycles. The van der Waals surface area contributed by atoms with E-state index in [1.54, 1.807) is 47.7 Å². The number of aromatic nitrogens is 4. The molecule has 0 radical (unpaired) electrons. The van der Waals surface area contributed by atoms with Crippen LogP contribution in [0, 0.1) is 19.7 Å². The van der Waals surface area contributed by atoms with Crippen LogP contribution in [0.15, 0.2) is 96.3 Å². The van der Waals surface area contributed by atoms with E-state index in [0.29, 0.717) is 17.0 Å². The summed E-state index contributed by atoms with van der Waals surface area (Å²) in [4.78, 5) is 25.0. The van der Waals surface area contributed by atoms with Crippen LogP contribution in [0.3, 0.4) is 0 Å². The predicted octanol–water partition coefficient (Wildman–Crippen LogP) is 6.77. The van der Waals surface area contributed by atoms with Crippen molar-refractivity contribution in [2.45, 2.75) is 13.8 Å². The lowest BCUT2D eigenvalue weighted by Gasteiger charge is -2.11. The molecule has 3 heterocycles. The number of hydrogen-bond donors (Lipinski definition) is 0. The number of hydrogen-bond acceptors (Lipinski definition) is 5. The molecule has 0 aliphatic carbocycles. The van der Waals surface area contributed by atoms with E-state index in [1.807, 2.05) is 56.3 Å². The van der Waals surface area contributed by atoms with Crippen LogP contribution in [-0.2, 0) is 0 Å². The highest BCUT2D eigenvalue weighted by Gasteiger charge is 2.15. The molecule has 0 saturated heterocycles. The molecule has 0 N–H and O–H groups in total. The van der Waals surface area contributed by atoms with Crippen LogP contribution in [-0.4, -0.2) is 32.4 Å².